The average Bonchev–Trinajstić information content (AvgIpc) is 0.788. The first-order chi connectivity index (χ1) is 53.2. The maximum atomic E-state index is 10.8. The molecule has 0 aliphatic carbocycles. The van der Waals surface area contributed by atoms with Crippen LogP contribution < -0.4 is 538 Å². The summed E-state index contributed by atoms with van der Waals surface area (Å²) in [7, 11) is -64.1. The van der Waals surface area contributed by atoms with Crippen molar-refractivity contribution in [1.82, 2.24) is 0 Å². The number of hydrogen-bond acceptors (Lipinski definition) is 48. The Morgan fingerprint density at radius 3 is 0.772 bits per heavy atom. The molecule has 0 N–H and O–H groups in total. The molecule has 0 saturated carbocycles. The van der Waals surface area contributed by atoms with Crippen molar-refractivity contribution in [2.45, 2.75) is 44.1 Å². The summed E-state index contributed by atoms with van der Waals surface area (Å²) in [6.45, 7) is 0. The van der Waals surface area contributed by atoms with E-state index in [1.807, 2.05) is 0 Å². The van der Waals surface area contributed by atoms with Gasteiger partial charge in [0.1, 0.15) is 60.7 Å². The Morgan fingerprint density at radius 2 is 0.529 bits per heavy atom. The minimum absolute atomic E-state index is 0. The third kappa shape index (κ3) is 119. The molecule has 94 heteroatoms. The van der Waals surface area contributed by atoms with Crippen LogP contribution in [0.25, 0.3) is 0 Å². The molecule has 0 unspecified atom stereocenters. The van der Waals surface area contributed by atoms with Crippen LogP contribution in [-0.2, 0) is 165 Å². The van der Waals surface area contributed by atoms with Crippen molar-refractivity contribution in [3.8, 4) is 0 Å². The summed E-state index contributed by atoms with van der Waals surface area (Å²) in [5.41, 5.74) is 0. The first-order valence-corrected chi connectivity index (χ1v) is 50.5. The molecule has 0 aliphatic heterocycles. The quantitative estimate of drug-likeness (QED) is 0.0736. The normalized spacial score (nSPS) is 9.35. The van der Waals surface area contributed by atoms with Crippen LogP contribution in [0.3, 0.4) is 0 Å². The first-order valence-electron chi connectivity index (χ1n) is 23.9. The Morgan fingerprint density at radius 1 is 0.250 bits per heavy atom. The van der Waals surface area contributed by atoms with Gasteiger partial charge in [-0.25, -0.2) is 89.0 Å². The fourth-order valence-electron chi connectivity index (χ4n) is 4.80. The molecule has 0 saturated heterocycles. The molecule has 7 aromatic carbocycles. The molecule has 136 heavy (non-hydrogen) atoms. The molecule has 0 bridgehead atoms. The van der Waals surface area contributed by atoms with E-state index >= 15 is 0 Å². The third-order valence-electron chi connectivity index (χ3n) is 8.32. The van der Waals surface area contributed by atoms with E-state index in [-0.39, 0.29) is 592 Å². The van der Waals surface area contributed by atoms with Gasteiger partial charge < -0.3 is 65.2 Å². The average molecular weight is 2890 g/mol. The maximum absolute atomic E-state index is 10.8. The van der Waals surface area contributed by atoms with Gasteiger partial charge >= 0.3 is 613 Å². The van der Waals surface area contributed by atoms with Crippen LogP contribution >= 0.6 is 180 Å². The van der Waals surface area contributed by atoms with Crippen LogP contribution in [0.1, 0.15) is 0 Å². The zero-order valence-corrected chi connectivity index (χ0v) is 132. The summed E-state index contributed by atoms with van der Waals surface area (Å²) in [5, 5.41) is -1.99. The van der Waals surface area contributed by atoms with Crippen LogP contribution in [0.5, 0.6) is 0 Å². The molecule has 7 aromatic rings. The Labute approximate surface area is 1280 Å². The predicted molar refractivity (Wildman–Crippen MR) is 397 cm³/mol. The molecule has 678 valence electrons. The molecular formula is C42H12Br4Cl10K3Na13O48S16. The number of hydrogen-bond donors (Lipinski definition) is 0. The van der Waals surface area contributed by atoms with Crippen LogP contribution in [0.2, 0.25) is 50.2 Å². The van der Waals surface area contributed by atoms with Gasteiger partial charge in [-0.3, -0.25) is 20.6 Å². The van der Waals surface area contributed by atoms with E-state index < -0.39 is 219 Å². The van der Waals surface area contributed by atoms with Gasteiger partial charge in [0.15, 0.2) is 0 Å². The number of rotatable bonds is 9. The number of benzene rings is 7. The van der Waals surface area contributed by atoms with Crippen molar-refractivity contribution in [2.24, 2.45) is 0 Å². The zero-order valence-electron chi connectivity index (χ0n) is 69.3. The van der Waals surface area contributed by atoms with Crippen molar-refractivity contribution in [3.05, 3.63) is 183 Å². The van der Waals surface area contributed by atoms with E-state index in [4.69, 9.17) is 204 Å². The van der Waals surface area contributed by atoms with Crippen LogP contribution in [-0.4, -0.2) is 205 Å². The maximum Gasteiger partial charge on any atom is 1.00 e. The second-order valence-corrected chi connectivity index (χ2v) is 38.6. The SMILES string of the molecule is O=S(=O)([O-])c1[c-]c(Cl)[c-]c(Cl)c1.O=S(=O)([O-])c1[c-]c(Cl)[c-]cc1Cl.O=S(=O)([O-])c1c[c-]c(Cl)cc1Cl.O=S(=O)([O-])c1cc(Br)[c-]cc1Br.O=S(=O)([O-])c1cc(Br)cc(S(=O)(=O)[O-])c1Br.O=S(=O)([O-])c1cc(Cl)[c-]cc1Cl.O=S(=O)([O-])c1cc(Cl)cc(S(=O)(=O)[O-])c1Cl.O=S(=O)=O.O=S(=O)=O.O=S(=O)=O.O=S(=O)=O.O=S(=O)=O.O=S(=O)=O.O=S(=O)=O.[K+].[K+].[K+].[Na+].[Na+].[Na+].[Na+].[Na+].[Na+].[Na+].[Na+].[Na+].[Na+].[Na+].[Na+].[Na+]. The largest absolute Gasteiger partial charge is 1.00 e. The molecule has 0 radical (unpaired) electrons. The Hall–Kier alpha value is 13.8. The summed E-state index contributed by atoms with van der Waals surface area (Å²) in [6, 6.07) is 28.4. The fourth-order valence-corrected chi connectivity index (χ4v) is 16.9. The summed E-state index contributed by atoms with van der Waals surface area (Å²) in [5.74, 6) is 0. The first kappa shape index (κ1) is 206. The molecule has 0 heterocycles. The third-order valence-corrected chi connectivity index (χ3v) is 22.3. The molecule has 0 fully saturated rings. The van der Waals surface area contributed by atoms with Gasteiger partial charge in [0.2, 0.25) is 0 Å². The minimum atomic E-state index is -5.01. The molecule has 0 spiro atoms. The monoisotopic (exact) mass is 2880 g/mol. The van der Waals surface area contributed by atoms with Gasteiger partial charge in [0.05, 0.1) is 59.4 Å². The second-order valence-electron chi connectivity index (χ2n) is 16.3. The standard InChI is InChI=1S/C6H4Br2O6S2.C6H3Br2O3S.C6H4Cl2O6S2.C6H2Cl2O3S.2C6H3Cl2O3S.C6H2Cl2O3S.3K.13Na.7O3S/c7-3-1-4(15(9,10)11)6(8)5(2-3)16(12,13)14;7-4-1-2-5(8)6(3-4)12(9,10)11;7-3-1-4(15(9,10)11)6(8)5(2-3)16(12,13)14;7-4-1-5(8)3-6(2-4)12(9,10)11;7-4-1-2-6(5(8)3-4)12(9,10)11;2*7-4-1-2-5(8)6(3-4)12(9,10)11;;;;;;;;;;;;;;;;;7*1-4(2)3/h1-2H,(H,9,10,11)(H,12,13,14);2-3H,(H,9,10,11);1-2H,(H,9,10,11)(H,12,13,14);2H,(H,9,10,11);2*2-3H,(H,9,10,11);2H,(H,9,10,11);;;;;;;;;;;;;;;;;;;;;;;/q;-1;;-2;2*-1;-2;16*+1;;;;;;;/p-9. The van der Waals surface area contributed by atoms with E-state index in [0.717, 1.165) is 48.5 Å². The summed E-state index contributed by atoms with van der Waals surface area (Å²) in [4.78, 5) is -6.24. The molecular weight excluding hydrogens is 2880 g/mol. The van der Waals surface area contributed by atoms with Crippen molar-refractivity contribution in [2.75, 3.05) is 0 Å². The summed E-state index contributed by atoms with van der Waals surface area (Å²) in [6.07, 6.45) is 0. The van der Waals surface area contributed by atoms with Crippen molar-refractivity contribution < 1.29 is 744 Å². The van der Waals surface area contributed by atoms with E-state index in [1.165, 1.54) is 12.1 Å². The molecule has 0 atom stereocenters. The van der Waals surface area contributed by atoms with Gasteiger partial charge in [-0.2, -0.15) is 67.8 Å². The zero-order chi connectivity index (χ0) is 97.3. The predicted octanol–water partition coefficient (Wildman–Crippen LogP) is -44.8. The van der Waals surface area contributed by atoms with Crippen molar-refractivity contribution in [3.63, 3.8) is 0 Å². The smallest absolute Gasteiger partial charge is 0.754 e. The second kappa shape index (κ2) is 104. The van der Waals surface area contributed by atoms with E-state index in [2.05, 4.69) is 106 Å². The topological polar surface area (TPSA) is 873 Å². The summed E-state index contributed by atoms with van der Waals surface area (Å²) >= 11 is 65.2. The molecule has 7 rings (SSSR count). The Balaban J connectivity index is -0.0000000489. The molecule has 0 aromatic heterocycles. The van der Waals surface area contributed by atoms with Gasteiger partial charge in [-0.05, 0) is 59.9 Å². The molecule has 0 aliphatic rings. The van der Waals surface area contributed by atoms with Gasteiger partial charge in [-0.1, -0.05) is 79.1 Å². The van der Waals surface area contributed by atoms with E-state index in [0.29, 0.717) is 16.6 Å². The number of halogens is 14. The van der Waals surface area contributed by atoms with Crippen LogP contribution in [0, 0.1) is 42.5 Å². The van der Waals surface area contributed by atoms with Gasteiger partial charge in [0, 0.05) is 9.50 Å². The van der Waals surface area contributed by atoms with E-state index in [9.17, 15) is 117 Å². The van der Waals surface area contributed by atoms with Gasteiger partial charge in [0.25, 0.3) is 0 Å². The summed E-state index contributed by atoms with van der Waals surface area (Å²) < 4.78 is 464. The van der Waals surface area contributed by atoms with Crippen LogP contribution in [0.4, 0.5) is 0 Å². The molecule has 48 nitrogen and oxygen atoms in total. The molecule has 0 amide bonds. The van der Waals surface area contributed by atoms with Crippen molar-refractivity contribution in [1.29, 1.82) is 0 Å². The minimum Gasteiger partial charge on any atom is -0.754 e. The Kier molecular flexibility index (Phi) is 158. The van der Waals surface area contributed by atoms with Crippen molar-refractivity contribution >= 4 is 345 Å². The van der Waals surface area contributed by atoms with Gasteiger partial charge in [-0.15, -0.1) is 192 Å². The van der Waals surface area contributed by atoms with E-state index in [1.54, 1.807) is 0 Å². The van der Waals surface area contributed by atoms with Crippen LogP contribution in [0.15, 0.2) is 135 Å². The Bertz CT molecular complexity index is 6190. The fraction of sp³-hybridized carbons (Fsp3) is 0.